The minimum absolute atomic E-state index is 0.277. The van der Waals surface area contributed by atoms with Crippen LogP contribution in [0.2, 0.25) is 0 Å². The number of fused-ring (bicyclic) bond motifs is 1. The first-order valence-corrected chi connectivity index (χ1v) is 5.79. The molecule has 0 aromatic heterocycles. The summed E-state index contributed by atoms with van der Waals surface area (Å²) in [6.07, 6.45) is 3.68. The highest BCUT2D eigenvalue weighted by Gasteiger charge is 2.03. The molecule has 3 N–H and O–H groups in total. The van der Waals surface area contributed by atoms with Gasteiger partial charge in [0.2, 0.25) is 0 Å². The van der Waals surface area contributed by atoms with E-state index in [9.17, 15) is 5.11 Å². The van der Waals surface area contributed by atoms with E-state index in [1.54, 1.807) is 6.07 Å². The molecule has 2 rings (SSSR count). The Morgan fingerprint density at radius 1 is 1.25 bits per heavy atom. The van der Waals surface area contributed by atoms with Crippen molar-refractivity contribution < 1.29 is 5.11 Å². The number of nitrogens with two attached hydrogens (primary N) is 1. The Morgan fingerprint density at radius 3 is 2.81 bits per heavy atom. The number of phenols is 1. The normalized spacial score (nSPS) is 11.4. The van der Waals surface area contributed by atoms with E-state index in [2.05, 4.69) is 15.9 Å². The average Bonchev–Trinajstić information content (AvgIpc) is 2.28. The summed E-state index contributed by atoms with van der Waals surface area (Å²) in [6.45, 7) is 0.465. The quantitative estimate of drug-likeness (QED) is 0.885. The van der Waals surface area contributed by atoms with Crippen molar-refractivity contribution in [3.63, 3.8) is 0 Å². The third-order valence-corrected chi connectivity index (χ3v) is 2.91. The van der Waals surface area contributed by atoms with Crippen LogP contribution in [0.3, 0.4) is 0 Å². The smallest absolute Gasteiger partial charge is 0.123 e. The van der Waals surface area contributed by atoms with Gasteiger partial charge < -0.3 is 10.8 Å². The summed E-state index contributed by atoms with van der Waals surface area (Å²) in [5.74, 6) is 0.277. The first-order chi connectivity index (χ1) is 7.72. The summed E-state index contributed by atoms with van der Waals surface area (Å²) in [5, 5.41) is 11.9. The molecule has 0 spiro atoms. The van der Waals surface area contributed by atoms with Gasteiger partial charge in [0.25, 0.3) is 0 Å². The minimum Gasteiger partial charge on any atom is -0.507 e. The predicted molar refractivity (Wildman–Crippen MR) is 71.4 cm³/mol. The fourth-order valence-electron chi connectivity index (χ4n) is 1.67. The maximum atomic E-state index is 9.80. The van der Waals surface area contributed by atoms with Crippen LogP contribution in [0.5, 0.6) is 5.75 Å². The first-order valence-electron chi connectivity index (χ1n) is 5.00. The number of hydrogen-bond donors (Lipinski definition) is 2. The molecule has 0 aliphatic carbocycles. The summed E-state index contributed by atoms with van der Waals surface area (Å²) in [7, 11) is 0. The molecule has 0 saturated carbocycles. The number of aromatic hydroxyl groups is 1. The van der Waals surface area contributed by atoms with Crippen molar-refractivity contribution in [1.82, 2.24) is 0 Å². The van der Waals surface area contributed by atoms with Gasteiger partial charge in [0.05, 0.1) is 0 Å². The number of halogens is 1. The monoisotopic (exact) mass is 277 g/mol. The molecule has 0 atom stereocenters. The van der Waals surface area contributed by atoms with E-state index in [1.165, 1.54) is 0 Å². The van der Waals surface area contributed by atoms with E-state index < -0.39 is 0 Å². The second kappa shape index (κ2) is 4.68. The summed E-state index contributed by atoms with van der Waals surface area (Å²) < 4.78 is 1.03. The Morgan fingerprint density at radius 2 is 2.06 bits per heavy atom. The van der Waals surface area contributed by atoms with Gasteiger partial charge in [-0.05, 0) is 29.0 Å². The van der Waals surface area contributed by atoms with Crippen molar-refractivity contribution in [3.05, 3.63) is 46.4 Å². The van der Waals surface area contributed by atoms with Crippen molar-refractivity contribution in [2.45, 2.75) is 0 Å². The zero-order chi connectivity index (χ0) is 11.5. The zero-order valence-electron chi connectivity index (χ0n) is 8.65. The molecule has 0 saturated heterocycles. The van der Waals surface area contributed by atoms with Gasteiger partial charge in [-0.3, -0.25) is 0 Å². The molecule has 82 valence electrons. The minimum atomic E-state index is 0.277. The fraction of sp³-hybridized carbons (Fsp3) is 0.0769. The molecule has 2 nitrogen and oxygen atoms in total. The number of hydrogen-bond acceptors (Lipinski definition) is 2. The lowest BCUT2D eigenvalue weighted by Crippen LogP contribution is -1.92. The van der Waals surface area contributed by atoms with Crippen LogP contribution in [0, 0.1) is 0 Å². The van der Waals surface area contributed by atoms with E-state index >= 15 is 0 Å². The highest BCUT2D eigenvalue weighted by atomic mass is 79.9. The van der Waals surface area contributed by atoms with Crippen LogP contribution in [0.4, 0.5) is 0 Å². The van der Waals surface area contributed by atoms with Gasteiger partial charge >= 0.3 is 0 Å². The number of rotatable bonds is 2. The molecule has 16 heavy (non-hydrogen) atoms. The molecule has 2 aromatic rings. The molecule has 0 bridgehead atoms. The Labute approximate surface area is 103 Å². The van der Waals surface area contributed by atoms with Gasteiger partial charge in [0.15, 0.2) is 0 Å². The summed E-state index contributed by atoms with van der Waals surface area (Å²) in [5.41, 5.74) is 6.23. The average molecular weight is 278 g/mol. The molecular formula is C13H12BrNO. The second-order valence-electron chi connectivity index (χ2n) is 3.50. The lowest BCUT2D eigenvalue weighted by Gasteiger charge is -2.05. The van der Waals surface area contributed by atoms with Gasteiger partial charge in [-0.25, -0.2) is 0 Å². The third kappa shape index (κ3) is 2.10. The fourth-order valence-corrected chi connectivity index (χ4v) is 2.05. The molecule has 0 aliphatic heterocycles. The van der Waals surface area contributed by atoms with Crippen molar-refractivity contribution in [2.75, 3.05) is 6.54 Å². The second-order valence-corrected chi connectivity index (χ2v) is 4.42. The Balaban J connectivity index is 2.69. The molecule has 0 amide bonds. The molecule has 0 radical (unpaired) electrons. The zero-order valence-corrected chi connectivity index (χ0v) is 10.2. The first kappa shape index (κ1) is 11.2. The Hall–Kier alpha value is -1.32. The van der Waals surface area contributed by atoms with E-state index in [-0.39, 0.29) is 5.75 Å². The highest BCUT2D eigenvalue weighted by Crippen LogP contribution is 2.30. The molecule has 0 aliphatic rings. The van der Waals surface area contributed by atoms with Crippen molar-refractivity contribution in [2.24, 2.45) is 5.73 Å². The van der Waals surface area contributed by atoms with Gasteiger partial charge in [0.1, 0.15) is 5.75 Å². The standard InChI is InChI=1S/C13H12BrNO/c14-10-4-5-11-9(8-10)3-6-13(16)12(11)2-1-7-15/h1-6,8,16H,7,15H2/b2-1+. The van der Waals surface area contributed by atoms with E-state index in [4.69, 9.17) is 5.73 Å². The van der Waals surface area contributed by atoms with E-state index in [0.29, 0.717) is 6.54 Å². The highest BCUT2D eigenvalue weighted by molar-refractivity contribution is 9.10. The maximum Gasteiger partial charge on any atom is 0.123 e. The van der Waals surface area contributed by atoms with E-state index in [1.807, 2.05) is 36.4 Å². The van der Waals surface area contributed by atoms with Crippen LogP contribution in [0.1, 0.15) is 5.56 Å². The molecule has 0 unspecified atom stereocenters. The summed E-state index contributed by atoms with van der Waals surface area (Å²) >= 11 is 3.43. The van der Waals surface area contributed by atoms with Gasteiger partial charge in [-0.15, -0.1) is 0 Å². The van der Waals surface area contributed by atoms with Crippen LogP contribution in [-0.4, -0.2) is 11.7 Å². The number of phenolic OH excluding ortho intramolecular Hbond substituents is 1. The Bertz CT molecular complexity index is 549. The topological polar surface area (TPSA) is 46.2 Å². The largest absolute Gasteiger partial charge is 0.507 e. The predicted octanol–water partition coefficient (Wildman–Crippen LogP) is 3.28. The molecule has 0 heterocycles. The molecular weight excluding hydrogens is 266 g/mol. The van der Waals surface area contributed by atoms with Gasteiger partial charge in [-0.1, -0.05) is 40.2 Å². The Kier molecular flexibility index (Phi) is 3.27. The van der Waals surface area contributed by atoms with Crippen LogP contribution in [0.15, 0.2) is 40.9 Å². The maximum absolute atomic E-state index is 9.80. The van der Waals surface area contributed by atoms with Crippen LogP contribution >= 0.6 is 15.9 Å². The summed E-state index contributed by atoms with van der Waals surface area (Å²) in [4.78, 5) is 0. The molecule has 0 fully saturated rings. The third-order valence-electron chi connectivity index (χ3n) is 2.42. The van der Waals surface area contributed by atoms with Crippen LogP contribution in [0.25, 0.3) is 16.8 Å². The lowest BCUT2D eigenvalue weighted by molar-refractivity contribution is 0.475. The van der Waals surface area contributed by atoms with E-state index in [0.717, 1.165) is 20.8 Å². The molecule has 2 aromatic carbocycles. The lowest BCUT2D eigenvalue weighted by atomic mass is 10.0. The van der Waals surface area contributed by atoms with Crippen LogP contribution < -0.4 is 5.73 Å². The molecule has 3 heteroatoms. The SMILES string of the molecule is NC/C=C/c1c(O)ccc2cc(Br)ccc12. The summed E-state index contributed by atoms with van der Waals surface area (Å²) in [6, 6.07) is 9.56. The van der Waals surface area contributed by atoms with Gasteiger partial charge in [0, 0.05) is 16.6 Å². The number of benzene rings is 2. The van der Waals surface area contributed by atoms with Crippen LogP contribution in [-0.2, 0) is 0 Å². The van der Waals surface area contributed by atoms with Crippen molar-refractivity contribution in [1.29, 1.82) is 0 Å². The van der Waals surface area contributed by atoms with Crippen molar-refractivity contribution in [3.8, 4) is 5.75 Å². The van der Waals surface area contributed by atoms with Crippen molar-refractivity contribution >= 4 is 32.8 Å². The van der Waals surface area contributed by atoms with Gasteiger partial charge in [-0.2, -0.15) is 0 Å².